The predicted molar refractivity (Wildman–Crippen MR) is 130 cm³/mol. The minimum absolute atomic E-state index is 0.0513. The van der Waals surface area contributed by atoms with Crippen molar-refractivity contribution in [1.82, 2.24) is 10.3 Å². The summed E-state index contributed by atoms with van der Waals surface area (Å²) in [4.78, 5) is 5.14. The van der Waals surface area contributed by atoms with Crippen LogP contribution in [-0.2, 0) is 0 Å². The molecule has 5 rings (SSSR count). The molecule has 4 aromatic rings. The van der Waals surface area contributed by atoms with Crippen LogP contribution in [0.5, 0.6) is 0 Å². The monoisotopic (exact) mass is 402 g/mol. The van der Waals surface area contributed by atoms with Gasteiger partial charge in [-0.15, -0.1) is 0 Å². The summed E-state index contributed by atoms with van der Waals surface area (Å²) in [5.74, 6) is 0.512. The highest BCUT2D eigenvalue weighted by atomic mass is 14.9. The zero-order valence-corrected chi connectivity index (χ0v) is 17.5. The second-order valence-corrected chi connectivity index (χ2v) is 8.04. The lowest BCUT2D eigenvalue weighted by Gasteiger charge is -2.23. The second-order valence-electron chi connectivity index (χ2n) is 8.04. The standard InChI is InChI=1S/C29H26N2/c1-3-11-22(12-4-1)21-30-29(24-14-5-2-6-15-24)28-20-10-19-27(31-28)26-18-9-16-23-13-7-8-17-25(23)26/h1-11,13-20,22,29-30H,12,21H2. The number of nitrogens with one attached hydrogen (secondary N) is 1. The van der Waals surface area contributed by atoms with E-state index in [2.05, 4.69) is 121 Å². The van der Waals surface area contributed by atoms with Gasteiger partial charge in [-0.3, -0.25) is 4.98 Å². The van der Waals surface area contributed by atoms with E-state index < -0.39 is 0 Å². The number of aromatic nitrogens is 1. The number of pyridine rings is 1. The average molecular weight is 403 g/mol. The van der Waals surface area contributed by atoms with Crippen molar-refractivity contribution in [2.75, 3.05) is 6.54 Å². The van der Waals surface area contributed by atoms with Crippen LogP contribution >= 0.6 is 0 Å². The van der Waals surface area contributed by atoms with E-state index in [-0.39, 0.29) is 6.04 Å². The molecule has 0 saturated heterocycles. The third kappa shape index (κ3) is 4.35. The third-order valence-electron chi connectivity index (χ3n) is 5.92. The highest BCUT2D eigenvalue weighted by molar-refractivity contribution is 5.95. The van der Waals surface area contributed by atoms with Crippen LogP contribution in [0.25, 0.3) is 22.0 Å². The van der Waals surface area contributed by atoms with Crippen LogP contribution in [0, 0.1) is 5.92 Å². The second kappa shape index (κ2) is 9.11. The summed E-state index contributed by atoms with van der Waals surface area (Å²) < 4.78 is 0. The molecule has 0 spiro atoms. The third-order valence-corrected chi connectivity index (χ3v) is 5.92. The molecule has 2 nitrogen and oxygen atoms in total. The maximum Gasteiger partial charge on any atom is 0.0751 e. The first-order chi connectivity index (χ1) is 15.4. The number of benzene rings is 3. The van der Waals surface area contributed by atoms with Gasteiger partial charge >= 0.3 is 0 Å². The van der Waals surface area contributed by atoms with Gasteiger partial charge < -0.3 is 5.32 Å². The number of nitrogens with zero attached hydrogens (tertiary/aromatic N) is 1. The van der Waals surface area contributed by atoms with Crippen molar-refractivity contribution < 1.29 is 0 Å². The smallest absolute Gasteiger partial charge is 0.0751 e. The van der Waals surface area contributed by atoms with E-state index in [1.165, 1.54) is 21.9 Å². The zero-order valence-electron chi connectivity index (χ0n) is 17.5. The van der Waals surface area contributed by atoms with Gasteiger partial charge in [0.1, 0.15) is 0 Å². The number of fused-ring (bicyclic) bond motifs is 1. The Morgan fingerprint density at radius 3 is 2.48 bits per heavy atom. The lowest BCUT2D eigenvalue weighted by Crippen LogP contribution is -2.28. The Kier molecular flexibility index (Phi) is 5.72. The zero-order chi connectivity index (χ0) is 20.9. The Hall–Kier alpha value is -3.49. The summed E-state index contributed by atoms with van der Waals surface area (Å²) in [7, 11) is 0. The molecule has 1 aliphatic carbocycles. The first-order valence-corrected chi connectivity index (χ1v) is 11.0. The van der Waals surface area contributed by atoms with Crippen LogP contribution in [-0.4, -0.2) is 11.5 Å². The van der Waals surface area contributed by atoms with Crippen LogP contribution in [0.3, 0.4) is 0 Å². The van der Waals surface area contributed by atoms with E-state index in [4.69, 9.17) is 4.98 Å². The van der Waals surface area contributed by atoms with Crippen molar-refractivity contribution in [3.63, 3.8) is 0 Å². The van der Waals surface area contributed by atoms with Gasteiger partial charge in [0.25, 0.3) is 0 Å². The van der Waals surface area contributed by atoms with E-state index in [0.29, 0.717) is 5.92 Å². The first kappa shape index (κ1) is 19.5. The summed E-state index contributed by atoms with van der Waals surface area (Å²) >= 11 is 0. The molecule has 152 valence electrons. The van der Waals surface area contributed by atoms with E-state index in [1.54, 1.807) is 0 Å². The van der Waals surface area contributed by atoms with Crippen molar-refractivity contribution in [2.45, 2.75) is 12.5 Å². The summed E-state index contributed by atoms with van der Waals surface area (Å²) in [5.41, 5.74) is 4.47. The minimum atomic E-state index is 0.0513. The number of rotatable bonds is 6. The highest BCUT2D eigenvalue weighted by Gasteiger charge is 2.18. The molecule has 31 heavy (non-hydrogen) atoms. The molecule has 1 aliphatic rings. The summed E-state index contributed by atoms with van der Waals surface area (Å²) in [6.45, 7) is 0.917. The Morgan fingerprint density at radius 2 is 1.61 bits per heavy atom. The molecular formula is C29H26N2. The molecule has 0 bridgehead atoms. The molecular weight excluding hydrogens is 376 g/mol. The maximum absolute atomic E-state index is 5.14. The van der Waals surface area contributed by atoms with E-state index in [1.807, 2.05) is 0 Å². The van der Waals surface area contributed by atoms with Crippen molar-refractivity contribution in [1.29, 1.82) is 0 Å². The number of hydrogen-bond acceptors (Lipinski definition) is 2. The Morgan fingerprint density at radius 1 is 0.806 bits per heavy atom. The van der Waals surface area contributed by atoms with Crippen LogP contribution in [0.4, 0.5) is 0 Å². The summed E-state index contributed by atoms with van der Waals surface area (Å²) in [6, 6.07) is 32.0. The number of allylic oxidation sites excluding steroid dienone is 3. The fraction of sp³-hybridized carbons (Fsp3) is 0.138. The number of hydrogen-bond donors (Lipinski definition) is 1. The van der Waals surface area contributed by atoms with Gasteiger partial charge in [-0.05, 0) is 40.8 Å². The van der Waals surface area contributed by atoms with Gasteiger partial charge in [-0.2, -0.15) is 0 Å². The topological polar surface area (TPSA) is 24.9 Å². The van der Waals surface area contributed by atoms with Crippen molar-refractivity contribution in [2.24, 2.45) is 5.92 Å². The van der Waals surface area contributed by atoms with Crippen molar-refractivity contribution >= 4 is 10.8 Å². The molecule has 0 radical (unpaired) electrons. The highest BCUT2D eigenvalue weighted by Crippen LogP contribution is 2.29. The summed E-state index contributed by atoms with van der Waals surface area (Å²) in [6.07, 6.45) is 9.87. The van der Waals surface area contributed by atoms with Gasteiger partial charge in [0, 0.05) is 12.1 Å². The molecule has 2 heteroatoms. The lowest BCUT2D eigenvalue weighted by atomic mass is 9.97. The van der Waals surface area contributed by atoms with Crippen LogP contribution in [0.2, 0.25) is 0 Å². The first-order valence-electron chi connectivity index (χ1n) is 11.0. The van der Waals surface area contributed by atoms with Crippen molar-refractivity contribution in [3.8, 4) is 11.3 Å². The van der Waals surface area contributed by atoms with E-state index in [0.717, 1.165) is 24.4 Å². The molecule has 1 aromatic heterocycles. The average Bonchev–Trinajstić information content (AvgIpc) is 2.85. The van der Waals surface area contributed by atoms with Gasteiger partial charge in [-0.25, -0.2) is 0 Å². The van der Waals surface area contributed by atoms with Gasteiger partial charge in [-0.1, -0.05) is 103 Å². The molecule has 0 fully saturated rings. The Labute approximate surface area is 184 Å². The SMILES string of the molecule is C1=CCC(CNC(c2ccccc2)c2cccc(-c3cccc4ccccc34)n2)C=C1. The lowest BCUT2D eigenvalue weighted by molar-refractivity contribution is 0.513. The molecule has 3 aromatic carbocycles. The van der Waals surface area contributed by atoms with E-state index in [9.17, 15) is 0 Å². The molecule has 1 heterocycles. The summed E-state index contributed by atoms with van der Waals surface area (Å²) in [5, 5.41) is 6.26. The van der Waals surface area contributed by atoms with Gasteiger partial charge in [0.2, 0.25) is 0 Å². The fourth-order valence-corrected chi connectivity index (χ4v) is 4.30. The Balaban J connectivity index is 1.51. The van der Waals surface area contributed by atoms with Gasteiger partial charge in [0.15, 0.2) is 0 Å². The normalized spacial score (nSPS) is 16.5. The minimum Gasteiger partial charge on any atom is -0.304 e. The molecule has 2 atom stereocenters. The molecule has 2 unspecified atom stereocenters. The van der Waals surface area contributed by atoms with E-state index >= 15 is 0 Å². The maximum atomic E-state index is 5.14. The van der Waals surface area contributed by atoms with Crippen LogP contribution < -0.4 is 5.32 Å². The Bertz CT molecular complexity index is 1220. The van der Waals surface area contributed by atoms with Crippen LogP contribution in [0.1, 0.15) is 23.7 Å². The molecule has 0 amide bonds. The predicted octanol–water partition coefficient (Wildman–Crippen LogP) is 6.71. The largest absolute Gasteiger partial charge is 0.304 e. The quantitative estimate of drug-likeness (QED) is 0.387. The molecule has 1 N–H and O–H groups in total. The fourth-order valence-electron chi connectivity index (χ4n) is 4.30. The molecule has 0 saturated carbocycles. The van der Waals surface area contributed by atoms with Crippen LogP contribution in [0.15, 0.2) is 115 Å². The molecule has 0 aliphatic heterocycles. The van der Waals surface area contributed by atoms with Gasteiger partial charge in [0.05, 0.1) is 17.4 Å². The van der Waals surface area contributed by atoms with Crippen molar-refractivity contribution in [3.05, 3.63) is 127 Å².